The number of aromatic nitrogens is 2. The molecule has 3 heterocycles. The van der Waals surface area contributed by atoms with Gasteiger partial charge in [-0.25, -0.2) is 0 Å². The van der Waals surface area contributed by atoms with Crippen LogP contribution in [0.25, 0.3) is 11.3 Å². The topological polar surface area (TPSA) is 35.5 Å². The molecule has 4 rings (SSSR count). The molecular formula is C20H27N5. The first-order valence-corrected chi connectivity index (χ1v) is 9.26. The maximum Gasteiger partial charge on any atom is 0.0929 e. The molecule has 5 nitrogen and oxygen atoms in total. The minimum Gasteiger partial charge on any atom is -0.372 e. The molecule has 0 spiro atoms. The monoisotopic (exact) mass is 337 g/mol. The summed E-state index contributed by atoms with van der Waals surface area (Å²) in [6.07, 6.45) is 2.61. The summed E-state index contributed by atoms with van der Waals surface area (Å²) in [6, 6.07) is 13.6. The summed E-state index contributed by atoms with van der Waals surface area (Å²) in [5.41, 5.74) is 4.46. The van der Waals surface area contributed by atoms with E-state index in [0.717, 1.165) is 36.6 Å². The van der Waals surface area contributed by atoms with Gasteiger partial charge in [0.25, 0.3) is 0 Å². The van der Waals surface area contributed by atoms with Crippen LogP contribution in [0.4, 0.5) is 5.69 Å². The SMILES string of the molecule is CN(C)C1CN(Cc2ccc(-c3ccc(N4CCCC4)cc3)nn2)C1. The van der Waals surface area contributed by atoms with Crippen LogP contribution in [0.1, 0.15) is 18.5 Å². The highest BCUT2D eigenvalue weighted by atomic mass is 15.3. The third-order valence-electron chi connectivity index (χ3n) is 5.41. The van der Waals surface area contributed by atoms with Crippen LogP contribution in [-0.2, 0) is 6.54 Å². The van der Waals surface area contributed by atoms with Crippen molar-refractivity contribution in [2.45, 2.75) is 25.4 Å². The Morgan fingerprint density at radius 1 is 0.960 bits per heavy atom. The second kappa shape index (κ2) is 7.10. The predicted molar refractivity (Wildman–Crippen MR) is 102 cm³/mol. The van der Waals surface area contributed by atoms with Gasteiger partial charge in [-0.3, -0.25) is 4.90 Å². The van der Waals surface area contributed by atoms with Crippen molar-refractivity contribution < 1.29 is 0 Å². The quantitative estimate of drug-likeness (QED) is 0.838. The van der Waals surface area contributed by atoms with Crippen LogP contribution in [0.15, 0.2) is 36.4 Å². The maximum absolute atomic E-state index is 4.44. The van der Waals surface area contributed by atoms with Crippen molar-refractivity contribution in [2.75, 3.05) is 45.2 Å². The van der Waals surface area contributed by atoms with Crippen LogP contribution in [-0.4, -0.2) is 66.3 Å². The van der Waals surface area contributed by atoms with E-state index in [1.54, 1.807) is 0 Å². The van der Waals surface area contributed by atoms with Gasteiger partial charge in [0.1, 0.15) is 0 Å². The normalized spacial score (nSPS) is 18.8. The minimum atomic E-state index is 0.682. The fourth-order valence-electron chi connectivity index (χ4n) is 3.64. The highest BCUT2D eigenvalue weighted by Gasteiger charge is 2.28. The summed E-state index contributed by atoms with van der Waals surface area (Å²) >= 11 is 0. The molecule has 1 aromatic carbocycles. The summed E-state index contributed by atoms with van der Waals surface area (Å²) in [5, 5.41) is 8.87. The van der Waals surface area contributed by atoms with Crippen LogP contribution in [0.5, 0.6) is 0 Å². The number of anilines is 1. The standard InChI is InChI=1S/C20H27N5/c1-23(2)19-14-24(15-19)13-17-7-10-20(22-21-17)16-5-8-18(9-6-16)25-11-3-4-12-25/h5-10,19H,3-4,11-15H2,1-2H3. The Labute approximate surface area is 150 Å². The molecule has 0 unspecified atom stereocenters. The van der Waals surface area contributed by atoms with E-state index in [9.17, 15) is 0 Å². The summed E-state index contributed by atoms with van der Waals surface area (Å²) < 4.78 is 0. The molecule has 0 saturated carbocycles. The van der Waals surface area contributed by atoms with Gasteiger partial charge in [-0.1, -0.05) is 12.1 Å². The van der Waals surface area contributed by atoms with E-state index in [1.165, 1.54) is 31.6 Å². The van der Waals surface area contributed by atoms with Gasteiger partial charge < -0.3 is 9.80 Å². The first-order chi connectivity index (χ1) is 12.2. The van der Waals surface area contributed by atoms with Crippen LogP contribution in [0.3, 0.4) is 0 Å². The van der Waals surface area contributed by atoms with E-state index in [0.29, 0.717) is 6.04 Å². The van der Waals surface area contributed by atoms with E-state index < -0.39 is 0 Å². The van der Waals surface area contributed by atoms with Crippen LogP contribution in [0, 0.1) is 0 Å². The minimum absolute atomic E-state index is 0.682. The number of rotatable bonds is 5. The summed E-state index contributed by atoms with van der Waals surface area (Å²) in [4.78, 5) is 7.16. The molecule has 2 aliphatic rings. The summed E-state index contributed by atoms with van der Waals surface area (Å²) in [7, 11) is 4.29. The molecule has 0 amide bonds. The maximum atomic E-state index is 4.44. The number of hydrogen-bond donors (Lipinski definition) is 0. The average molecular weight is 337 g/mol. The highest BCUT2D eigenvalue weighted by Crippen LogP contribution is 2.24. The molecule has 0 N–H and O–H groups in total. The Bertz CT molecular complexity index is 683. The molecule has 0 atom stereocenters. The number of likely N-dealkylation sites (tertiary alicyclic amines) is 1. The summed E-state index contributed by atoms with van der Waals surface area (Å²) in [5.74, 6) is 0. The van der Waals surface area contributed by atoms with Gasteiger partial charge >= 0.3 is 0 Å². The zero-order valence-corrected chi connectivity index (χ0v) is 15.2. The first-order valence-electron chi connectivity index (χ1n) is 9.26. The van der Waals surface area contributed by atoms with Gasteiger partial charge in [-0.2, -0.15) is 10.2 Å². The molecule has 0 bridgehead atoms. The van der Waals surface area contributed by atoms with Gasteiger partial charge in [-0.05, 0) is 51.2 Å². The summed E-state index contributed by atoms with van der Waals surface area (Å²) in [6.45, 7) is 5.49. The second-order valence-corrected chi connectivity index (χ2v) is 7.46. The van der Waals surface area contributed by atoms with Gasteiger partial charge in [0.2, 0.25) is 0 Å². The zero-order valence-electron chi connectivity index (χ0n) is 15.2. The Balaban J connectivity index is 1.37. The molecule has 132 valence electrons. The van der Waals surface area contributed by atoms with Crippen molar-refractivity contribution in [1.82, 2.24) is 20.0 Å². The van der Waals surface area contributed by atoms with Gasteiger partial charge in [0, 0.05) is 50.0 Å². The lowest BCUT2D eigenvalue weighted by atomic mass is 10.1. The van der Waals surface area contributed by atoms with Gasteiger partial charge in [0.15, 0.2) is 0 Å². The second-order valence-electron chi connectivity index (χ2n) is 7.46. The largest absolute Gasteiger partial charge is 0.372 e. The van der Waals surface area contributed by atoms with Crippen LogP contribution in [0.2, 0.25) is 0 Å². The van der Waals surface area contributed by atoms with Gasteiger partial charge in [-0.15, -0.1) is 0 Å². The first kappa shape index (κ1) is 16.5. The molecule has 2 aromatic rings. The third-order valence-corrected chi connectivity index (χ3v) is 5.41. The van der Waals surface area contributed by atoms with E-state index in [1.807, 2.05) is 0 Å². The predicted octanol–water partition coefficient (Wildman–Crippen LogP) is 2.49. The van der Waals surface area contributed by atoms with E-state index in [4.69, 9.17) is 0 Å². The van der Waals surface area contributed by atoms with Crippen molar-refractivity contribution in [3.05, 3.63) is 42.1 Å². The van der Waals surface area contributed by atoms with Crippen molar-refractivity contribution in [3.8, 4) is 11.3 Å². The van der Waals surface area contributed by atoms with Crippen molar-refractivity contribution in [2.24, 2.45) is 0 Å². The van der Waals surface area contributed by atoms with Crippen molar-refractivity contribution in [1.29, 1.82) is 0 Å². The van der Waals surface area contributed by atoms with E-state index in [2.05, 4.69) is 75.4 Å². The highest BCUT2D eigenvalue weighted by molar-refractivity contribution is 5.63. The van der Waals surface area contributed by atoms with E-state index in [-0.39, 0.29) is 0 Å². The molecule has 0 radical (unpaired) electrons. The lowest BCUT2D eigenvalue weighted by Crippen LogP contribution is -2.56. The Hall–Kier alpha value is -1.98. The smallest absolute Gasteiger partial charge is 0.0929 e. The number of benzene rings is 1. The Morgan fingerprint density at radius 2 is 1.68 bits per heavy atom. The fourth-order valence-corrected chi connectivity index (χ4v) is 3.64. The Kier molecular flexibility index (Phi) is 4.68. The molecule has 25 heavy (non-hydrogen) atoms. The third kappa shape index (κ3) is 3.67. The molecule has 2 aliphatic heterocycles. The Morgan fingerprint density at radius 3 is 2.28 bits per heavy atom. The van der Waals surface area contributed by atoms with E-state index >= 15 is 0 Å². The van der Waals surface area contributed by atoms with Crippen LogP contribution < -0.4 is 4.90 Å². The molecular weight excluding hydrogens is 310 g/mol. The lowest BCUT2D eigenvalue weighted by Gasteiger charge is -2.42. The lowest BCUT2D eigenvalue weighted by molar-refractivity contribution is 0.0562. The molecule has 0 aliphatic carbocycles. The fraction of sp³-hybridized carbons (Fsp3) is 0.500. The molecule has 1 aromatic heterocycles. The molecule has 5 heteroatoms. The zero-order chi connectivity index (χ0) is 17.2. The number of likely N-dealkylation sites (N-methyl/N-ethyl adjacent to an activating group) is 1. The van der Waals surface area contributed by atoms with Crippen molar-refractivity contribution >= 4 is 5.69 Å². The average Bonchev–Trinajstić information content (AvgIpc) is 3.13. The van der Waals surface area contributed by atoms with Gasteiger partial charge in [0.05, 0.1) is 11.4 Å². The van der Waals surface area contributed by atoms with Crippen LogP contribution >= 0.6 is 0 Å². The molecule has 2 saturated heterocycles. The van der Waals surface area contributed by atoms with Crippen molar-refractivity contribution in [3.63, 3.8) is 0 Å². The molecule has 2 fully saturated rings. The number of hydrogen-bond acceptors (Lipinski definition) is 5. The number of nitrogens with zero attached hydrogens (tertiary/aromatic N) is 5.